The van der Waals surface area contributed by atoms with Crippen LogP contribution in [0.2, 0.25) is 0 Å². The van der Waals surface area contributed by atoms with Gasteiger partial charge in [-0.25, -0.2) is 0 Å². The van der Waals surface area contributed by atoms with E-state index in [1.54, 1.807) is 0 Å². The van der Waals surface area contributed by atoms with Gasteiger partial charge in [0.1, 0.15) is 5.78 Å². The molecule has 2 atom stereocenters. The van der Waals surface area contributed by atoms with Crippen molar-refractivity contribution >= 4 is 5.78 Å². The van der Waals surface area contributed by atoms with Crippen LogP contribution in [0, 0.1) is 5.92 Å². The number of hydrogen-bond donors (Lipinski definition) is 0. The molecule has 0 radical (unpaired) electrons. The molecule has 1 fully saturated rings. The number of benzene rings is 1. The van der Waals surface area contributed by atoms with Crippen LogP contribution >= 0.6 is 0 Å². The molecule has 0 aliphatic carbocycles. The maximum absolute atomic E-state index is 11.7. The van der Waals surface area contributed by atoms with E-state index in [-0.39, 0.29) is 5.92 Å². The van der Waals surface area contributed by atoms with Crippen LogP contribution in [0.3, 0.4) is 0 Å². The van der Waals surface area contributed by atoms with Crippen molar-refractivity contribution in [3.8, 4) is 0 Å². The van der Waals surface area contributed by atoms with Gasteiger partial charge in [-0.15, -0.1) is 0 Å². The van der Waals surface area contributed by atoms with Crippen molar-refractivity contribution in [3.63, 3.8) is 0 Å². The fraction of sp³-hybridized carbons (Fsp3) is 0.462. The summed E-state index contributed by atoms with van der Waals surface area (Å²) in [6.45, 7) is 2.94. The summed E-state index contributed by atoms with van der Waals surface area (Å²) in [6, 6.07) is 8.54. The van der Waals surface area contributed by atoms with E-state index in [0.29, 0.717) is 5.78 Å². The molecule has 0 N–H and O–H groups in total. The van der Waals surface area contributed by atoms with Gasteiger partial charge in [-0.2, -0.15) is 0 Å². The van der Waals surface area contributed by atoms with E-state index >= 15 is 0 Å². The molecule has 2 bridgehead atoms. The first-order valence-corrected chi connectivity index (χ1v) is 5.65. The lowest BCUT2D eigenvalue weighted by Crippen LogP contribution is -2.39. The number of fused-ring (bicyclic) bond motifs is 3. The van der Waals surface area contributed by atoms with E-state index in [4.69, 9.17) is 0 Å². The predicted molar refractivity (Wildman–Crippen MR) is 58.5 cm³/mol. The molecule has 0 saturated carbocycles. The summed E-state index contributed by atoms with van der Waals surface area (Å²) < 4.78 is 0. The molecule has 2 heteroatoms. The minimum Gasteiger partial charge on any atom is -0.299 e. The van der Waals surface area contributed by atoms with Crippen molar-refractivity contribution in [2.75, 3.05) is 13.1 Å². The lowest BCUT2D eigenvalue weighted by atomic mass is 9.91. The number of carbonyl (C=O) groups excluding carboxylic acids is 1. The first-order valence-electron chi connectivity index (χ1n) is 5.65. The predicted octanol–water partition coefficient (Wildman–Crippen LogP) is 1.63. The second kappa shape index (κ2) is 3.46. The molecule has 1 saturated heterocycles. The number of nitrogens with zero attached hydrogens (tertiary/aromatic N) is 1. The third-order valence-electron chi connectivity index (χ3n) is 3.59. The minimum absolute atomic E-state index is 0.252. The highest BCUT2D eigenvalue weighted by Gasteiger charge is 2.30. The highest BCUT2D eigenvalue weighted by Crippen LogP contribution is 2.26. The largest absolute Gasteiger partial charge is 0.299 e. The Morgan fingerprint density at radius 2 is 2.00 bits per heavy atom. The van der Waals surface area contributed by atoms with E-state index in [2.05, 4.69) is 29.2 Å². The second-order valence-corrected chi connectivity index (χ2v) is 4.62. The maximum atomic E-state index is 11.7. The van der Waals surface area contributed by atoms with Crippen molar-refractivity contribution in [1.29, 1.82) is 0 Å². The Hall–Kier alpha value is -1.15. The van der Waals surface area contributed by atoms with Crippen LogP contribution < -0.4 is 0 Å². The summed E-state index contributed by atoms with van der Waals surface area (Å²) in [5.41, 5.74) is 2.79. The molecular formula is C13H15NO. The molecule has 0 aromatic heterocycles. The Morgan fingerprint density at radius 1 is 1.20 bits per heavy atom. The molecule has 0 spiro atoms. The molecular weight excluding hydrogens is 186 g/mol. The third kappa shape index (κ3) is 1.59. The summed E-state index contributed by atoms with van der Waals surface area (Å²) in [4.78, 5) is 14.2. The first kappa shape index (κ1) is 9.10. The van der Waals surface area contributed by atoms with Gasteiger partial charge in [-0.3, -0.25) is 9.69 Å². The molecule has 3 rings (SSSR count). The fourth-order valence-electron chi connectivity index (χ4n) is 2.72. The Bertz CT molecular complexity index is 399. The lowest BCUT2D eigenvalue weighted by molar-refractivity contribution is -0.126. The molecule has 2 aliphatic heterocycles. The van der Waals surface area contributed by atoms with Crippen LogP contribution in [0.5, 0.6) is 0 Å². The SMILES string of the molecule is O=C1CCN2Cc3ccccc3CC1C2. The molecule has 1 aromatic rings. The van der Waals surface area contributed by atoms with Gasteiger partial charge >= 0.3 is 0 Å². The summed E-state index contributed by atoms with van der Waals surface area (Å²) in [6.07, 6.45) is 1.70. The maximum Gasteiger partial charge on any atom is 0.138 e. The zero-order valence-electron chi connectivity index (χ0n) is 8.78. The van der Waals surface area contributed by atoms with Crippen molar-refractivity contribution in [3.05, 3.63) is 35.4 Å². The van der Waals surface area contributed by atoms with Crippen LogP contribution in [0.15, 0.2) is 24.3 Å². The van der Waals surface area contributed by atoms with Gasteiger partial charge in [-0.1, -0.05) is 24.3 Å². The lowest BCUT2D eigenvalue weighted by Gasteiger charge is -2.28. The molecule has 2 unspecified atom stereocenters. The molecule has 1 aromatic carbocycles. The molecule has 78 valence electrons. The van der Waals surface area contributed by atoms with E-state index in [0.717, 1.165) is 32.5 Å². The average molecular weight is 201 g/mol. The van der Waals surface area contributed by atoms with Gasteiger partial charge in [0.15, 0.2) is 0 Å². The van der Waals surface area contributed by atoms with Crippen LogP contribution in [0.25, 0.3) is 0 Å². The quantitative estimate of drug-likeness (QED) is 0.636. The summed E-state index contributed by atoms with van der Waals surface area (Å²) in [5, 5.41) is 0. The standard InChI is InChI=1S/C13H15NO/c15-13-5-6-14-8-11-4-2-1-3-10(11)7-12(13)9-14/h1-4,12H,5-9H2. The Morgan fingerprint density at radius 3 is 2.87 bits per heavy atom. The van der Waals surface area contributed by atoms with E-state index in [1.165, 1.54) is 11.1 Å². The minimum atomic E-state index is 0.252. The number of ketones is 1. The van der Waals surface area contributed by atoms with Gasteiger partial charge in [-0.05, 0) is 17.5 Å². The molecule has 15 heavy (non-hydrogen) atoms. The van der Waals surface area contributed by atoms with Gasteiger partial charge < -0.3 is 0 Å². The van der Waals surface area contributed by atoms with Gasteiger partial charge in [0, 0.05) is 32.0 Å². The van der Waals surface area contributed by atoms with Crippen molar-refractivity contribution in [1.82, 2.24) is 4.90 Å². The Balaban J connectivity index is 2.00. The number of Topliss-reactive ketones (excluding diaryl/α,β-unsaturated/α-hetero) is 1. The highest BCUT2D eigenvalue weighted by atomic mass is 16.1. The topological polar surface area (TPSA) is 20.3 Å². The van der Waals surface area contributed by atoms with E-state index < -0.39 is 0 Å². The number of hydrogen-bond acceptors (Lipinski definition) is 2. The zero-order chi connectivity index (χ0) is 10.3. The monoisotopic (exact) mass is 201 g/mol. The fourth-order valence-corrected chi connectivity index (χ4v) is 2.72. The normalized spacial score (nSPS) is 29.5. The van der Waals surface area contributed by atoms with E-state index in [9.17, 15) is 4.79 Å². The van der Waals surface area contributed by atoms with Gasteiger partial charge in [0.2, 0.25) is 0 Å². The summed E-state index contributed by atoms with van der Waals surface area (Å²) >= 11 is 0. The van der Waals surface area contributed by atoms with Crippen molar-refractivity contribution in [2.45, 2.75) is 19.4 Å². The third-order valence-corrected chi connectivity index (χ3v) is 3.59. The van der Waals surface area contributed by atoms with Crippen molar-refractivity contribution in [2.24, 2.45) is 5.92 Å². The number of rotatable bonds is 0. The van der Waals surface area contributed by atoms with Crippen LogP contribution in [0.4, 0.5) is 0 Å². The first-order chi connectivity index (χ1) is 7.33. The Labute approximate surface area is 89.9 Å². The molecule has 0 amide bonds. The van der Waals surface area contributed by atoms with Gasteiger partial charge in [0.25, 0.3) is 0 Å². The van der Waals surface area contributed by atoms with Crippen molar-refractivity contribution < 1.29 is 4.79 Å². The molecule has 2 nitrogen and oxygen atoms in total. The number of carbonyl (C=O) groups is 1. The van der Waals surface area contributed by atoms with Crippen LogP contribution in [-0.2, 0) is 17.8 Å². The number of piperidine rings is 1. The van der Waals surface area contributed by atoms with Crippen LogP contribution in [0.1, 0.15) is 17.5 Å². The second-order valence-electron chi connectivity index (χ2n) is 4.62. The van der Waals surface area contributed by atoms with Gasteiger partial charge in [0.05, 0.1) is 0 Å². The molecule has 2 heterocycles. The van der Waals surface area contributed by atoms with E-state index in [1.807, 2.05) is 0 Å². The summed E-state index contributed by atoms with van der Waals surface area (Å²) in [5.74, 6) is 0.713. The van der Waals surface area contributed by atoms with Crippen LogP contribution in [-0.4, -0.2) is 23.8 Å². The highest BCUT2D eigenvalue weighted by molar-refractivity contribution is 5.82. The average Bonchev–Trinajstić information content (AvgIpc) is 2.40. The smallest absolute Gasteiger partial charge is 0.138 e. The molecule has 2 aliphatic rings. The summed E-state index contributed by atoms with van der Waals surface area (Å²) in [7, 11) is 0. The Kier molecular flexibility index (Phi) is 2.10. The zero-order valence-corrected chi connectivity index (χ0v) is 8.78.